The SMILES string of the molecule is Cc1noc(Cl)c1CCc1nc(-c2ccncc2)no1. The van der Waals surface area contributed by atoms with E-state index in [2.05, 4.69) is 20.3 Å². The summed E-state index contributed by atoms with van der Waals surface area (Å²) in [7, 11) is 0. The van der Waals surface area contributed by atoms with Gasteiger partial charge in [-0.25, -0.2) is 0 Å². The maximum atomic E-state index is 5.91. The third-order valence-corrected chi connectivity index (χ3v) is 3.23. The highest BCUT2D eigenvalue weighted by Crippen LogP contribution is 2.21. The van der Waals surface area contributed by atoms with E-state index in [1.54, 1.807) is 12.4 Å². The van der Waals surface area contributed by atoms with Gasteiger partial charge in [-0.1, -0.05) is 10.3 Å². The molecule has 0 bridgehead atoms. The number of rotatable bonds is 4. The highest BCUT2D eigenvalue weighted by Gasteiger charge is 2.13. The summed E-state index contributed by atoms with van der Waals surface area (Å²) in [5, 5.41) is 8.06. The van der Waals surface area contributed by atoms with Gasteiger partial charge in [0, 0.05) is 29.9 Å². The van der Waals surface area contributed by atoms with Crippen LogP contribution in [0.3, 0.4) is 0 Å². The van der Waals surface area contributed by atoms with Crippen LogP contribution in [0.2, 0.25) is 5.22 Å². The van der Waals surface area contributed by atoms with Crippen LogP contribution in [0.4, 0.5) is 0 Å². The first-order chi connectivity index (χ1) is 9.74. The van der Waals surface area contributed by atoms with Crippen molar-refractivity contribution in [2.45, 2.75) is 19.8 Å². The van der Waals surface area contributed by atoms with Crippen LogP contribution in [0.1, 0.15) is 17.1 Å². The van der Waals surface area contributed by atoms with E-state index in [4.69, 9.17) is 20.6 Å². The molecular formula is C13H11ClN4O2. The normalized spacial score (nSPS) is 10.9. The second kappa shape index (κ2) is 5.42. The van der Waals surface area contributed by atoms with Crippen LogP contribution in [-0.2, 0) is 12.8 Å². The van der Waals surface area contributed by atoms with Crippen LogP contribution in [-0.4, -0.2) is 20.3 Å². The van der Waals surface area contributed by atoms with Gasteiger partial charge in [-0.3, -0.25) is 4.98 Å². The molecule has 3 rings (SSSR count). The predicted octanol–water partition coefficient (Wildman–Crippen LogP) is 2.87. The highest BCUT2D eigenvalue weighted by atomic mass is 35.5. The van der Waals surface area contributed by atoms with Gasteiger partial charge in [0.25, 0.3) is 0 Å². The number of aryl methyl sites for hydroxylation is 2. The third kappa shape index (κ3) is 2.55. The van der Waals surface area contributed by atoms with Gasteiger partial charge >= 0.3 is 0 Å². The summed E-state index contributed by atoms with van der Waals surface area (Å²) < 4.78 is 10.1. The van der Waals surface area contributed by atoms with Gasteiger partial charge in [-0.05, 0) is 37.1 Å². The lowest BCUT2D eigenvalue weighted by atomic mass is 10.1. The summed E-state index contributed by atoms with van der Waals surface area (Å²) in [6.07, 6.45) is 4.60. The topological polar surface area (TPSA) is 77.8 Å². The van der Waals surface area contributed by atoms with Crippen molar-refractivity contribution in [3.05, 3.63) is 46.9 Å². The minimum absolute atomic E-state index is 0.316. The molecule has 0 fully saturated rings. The Morgan fingerprint density at radius 1 is 1.10 bits per heavy atom. The van der Waals surface area contributed by atoms with Crippen molar-refractivity contribution in [2.75, 3.05) is 0 Å². The molecule has 3 aromatic heterocycles. The average Bonchev–Trinajstić information content (AvgIpc) is 3.06. The molecule has 0 aliphatic heterocycles. The number of aromatic nitrogens is 4. The second-order valence-corrected chi connectivity index (χ2v) is 4.61. The minimum Gasteiger partial charge on any atom is -0.344 e. The summed E-state index contributed by atoms with van der Waals surface area (Å²) in [5.41, 5.74) is 2.52. The number of hydrogen-bond donors (Lipinski definition) is 0. The Morgan fingerprint density at radius 2 is 1.90 bits per heavy atom. The fourth-order valence-corrected chi connectivity index (χ4v) is 2.11. The number of halogens is 1. The molecule has 0 aliphatic carbocycles. The molecule has 0 radical (unpaired) electrons. The van der Waals surface area contributed by atoms with Crippen LogP contribution in [0.25, 0.3) is 11.4 Å². The van der Waals surface area contributed by atoms with Crippen LogP contribution in [0.15, 0.2) is 33.6 Å². The van der Waals surface area contributed by atoms with Crippen molar-refractivity contribution >= 4 is 11.6 Å². The third-order valence-electron chi connectivity index (χ3n) is 2.93. The van der Waals surface area contributed by atoms with E-state index < -0.39 is 0 Å². The summed E-state index contributed by atoms with van der Waals surface area (Å²) in [6, 6.07) is 3.66. The quantitative estimate of drug-likeness (QED) is 0.735. The minimum atomic E-state index is 0.316. The van der Waals surface area contributed by atoms with Crippen LogP contribution in [0, 0.1) is 6.92 Å². The molecule has 7 heteroatoms. The summed E-state index contributed by atoms with van der Waals surface area (Å²) >= 11 is 5.91. The zero-order valence-electron chi connectivity index (χ0n) is 10.7. The first kappa shape index (κ1) is 12.8. The fraction of sp³-hybridized carbons (Fsp3) is 0.231. The number of hydrogen-bond acceptors (Lipinski definition) is 6. The van der Waals surface area contributed by atoms with Gasteiger partial charge < -0.3 is 9.05 Å². The average molecular weight is 291 g/mol. The Bertz CT molecular complexity index is 689. The molecule has 3 aromatic rings. The maximum Gasteiger partial charge on any atom is 0.229 e. The molecule has 0 atom stereocenters. The van der Waals surface area contributed by atoms with Crippen LogP contribution >= 0.6 is 11.6 Å². The van der Waals surface area contributed by atoms with E-state index in [-0.39, 0.29) is 0 Å². The molecule has 0 saturated heterocycles. The lowest BCUT2D eigenvalue weighted by Gasteiger charge is -1.94. The van der Waals surface area contributed by atoms with E-state index in [0.29, 0.717) is 29.8 Å². The molecule has 102 valence electrons. The Labute approximate surface area is 119 Å². The van der Waals surface area contributed by atoms with Gasteiger partial charge in [0.1, 0.15) is 0 Å². The molecule has 0 unspecified atom stereocenters. The van der Waals surface area contributed by atoms with E-state index >= 15 is 0 Å². The summed E-state index contributed by atoms with van der Waals surface area (Å²) in [6.45, 7) is 1.85. The Kier molecular flexibility index (Phi) is 3.47. The van der Waals surface area contributed by atoms with E-state index in [1.165, 1.54) is 0 Å². The van der Waals surface area contributed by atoms with E-state index in [0.717, 1.165) is 16.8 Å². The smallest absolute Gasteiger partial charge is 0.229 e. The number of nitrogens with zero attached hydrogens (tertiary/aromatic N) is 4. The lowest BCUT2D eigenvalue weighted by molar-refractivity contribution is 0.378. The lowest BCUT2D eigenvalue weighted by Crippen LogP contribution is -1.93. The molecule has 0 saturated carbocycles. The van der Waals surface area contributed by atoms with Crippen LogP contribution in [0.5, 0.6) is 0 Å². The van der Waals surface area contributed by atoms with Crippen molar-refractivity contribution < 1.29 is 9.05 Å². The zero-order valence-corrected chi connectivity index (χ0v) is 11.5. The molecule has 0 aliphatic rings. The second-order valence-electron chi connectivity index (χ2n) is 4.27. The molecule has 3 heterocycles. The standard InChI is InChI=1S/C13H11ClN4O2/c1-8-10(12(14)20-17-8)2-3-11-16-13(18-19-11)9-4-6-15-7-5-9/h4-7H,2-3H2,1H3. The first-order valence-electron chi connectivity index (χ1n) is 6.07. The van der Waals surface area contributed by atoms with Crippen molar-refractivity contribution in [1.29, 1.82) is 0 Å². The number of pyridine rings is 1. The molecule has 20 heavy (non-hydrogen) atoms. The van der Waals surface area contributed by atoms with Gasteiger partial charge in [0.15, 0.2) is 0 Å². The Morgan fingerprint density at radius 3 is 2.60 bits per heavy atom. The predicted molar refractivity (Wildman–Crippen MR) is 71.2 cm³/mol. The van der Waals surface area contributed by atoms with Crippen molar-refractivity contribution in [3.8, 4) is 11.4 Å². The van der Waals surface area contributed by atoms with E-state index in [1.807, 2.05) is 19.1 Å². The fourth-order valence-electron chi connectivity index (χ4n) is 1.85. The summed E-state index contributed by atoms with van der Waals surface area (Å²) in [5.74, 6) is 1.10. The van der Waals surface area contributed by atoms with Gasteiger partial charge in [0.2, 0.25) is 16.9 Å². The Balaban J connectivity index is 1.72. The van der Waals surface area contributed by atoms with Crippen LogP contribution < -0.4 is 0 Å². The summed E-state index contributed by atoms with van der Waals surface area (Å²) in [4.78, 5) is 8.29. The van der Waals surface area contributed by atoms with Gasteiger partial charge in [0.05, 0.1) is 5.69 Å². The van der Waals surface area contributed by atoms with Crippen molar-refractivity contribution in [3.63, 3.8) is 0 Å². The molecule has 0 aromatic carbocycles. The monoisotopic (exact) mass is 290 g/mol. The zero-order chi connectivity index (χ0) is 13.9. The molecule has 0 spiro atoms. The van der Waals surface area contributed by atoms with Gasteiger partial charge in [-0.2, -0.15) is 4.98 Å². The first-order valence-corrected chi connectivity index (χ1v) is 6.45. The molecular weight excluding hydrogens is 280 g/mol. The molecule has 0 amide bonds. The molecule has 6 nitrogen and oxygen atoms in total. The van der Waals surface area contributed by atoms with Crippen molar-refractivity contribution in [2.24, 2.45) is 0 Å². The van der Waals surface area contributed by atoms with E-state index in [9.17, 15) is 0 Å². The highest BCUT2D eigenvalue weighted by molar-refractivity contribution is 6.29. The largest absolute Gasteiger partial charge is 0.344 e. The van der Waals surface area contributed by atoms with Crippen molar-refractivity contribution in [1.82, 2.24) is 20.3 Å². The van der Waals surface area contributed by atoms with Gasteiger partial charge in [-0.15, -0.1) is 0 Å². The molecule has 0 N–H and O–H groups in total. The maximum absolute atomic E-state index is 5.91. The Hall–Kier alpha value is -2.21.